The number of carbonyl (C=O) groups excluding carboxylic acids is 1. The number of carbonyl (C=O) groups is 1. The summed E-state index contributed by atoms with van der Waals surface area (Å²) in [6.07, 6.45) is 3.35. The second kappa shape index (κ2) is 8.11. The van der Waals surface area contributed by atoms with Gasteiger partial charge in [0.05, 0.1) is 11.7 Å². The highest BCUT2D eigenvalue weighted by Gasteiger charge is 2.12. The number of benzene rings is 2. The molecule has 0 spiro atoms. The van der Waals surface area contributed by atoms with E-state index in [2.05, 4.69) is 15.6 Å². The van der Waals surface area contributed by atoms with Gasteiger partial charge in [-0.2, -0.15) is 0 Å². The van der Waals surface area contributed by atoms with Gasteiger partial charge in [-0.25, -0.2) is 9.18 Å². The summed E-state index contributed by atoms with van der Waals surface area (Å²) in [6, 6.07) is 15.9. The molecule has 6 heteroatoms. The first-order valence-corrected chi connectivity index (χ1v) is 8.12. The van der Waals surface area contributed by atoms with E-state index in [0.717, 1.165) is 5.56 Å². The van der Waals surface area contributed by atoms with Crippen LogP contribution in [0.3, 0.4) is 0 Å². The van der Waals surface area contributed by atoms with Crippen molar-refractivity contribution in [2.45, 2.75) is 13.0 Å². The van der Waals surface area contributed by atoms with Gasteiger partial charge in [-0.15, -0.1) is 0 Å². The number of para-hydroxylation sites is 2. The standard InChI is InChI=1S/C20H18FN3O2/c1-14(15-9-11-22-12-10-15)23-20(25)24-18-7-2-3-8-19(18)26-17-6-4-5-16(21)13-17/h2-14H,1H3,(H2,23,24,25). The Kier molecular flexibility index (Phi) is 5.43. The van der Waals surface area contributed by atoms with Crippen molar-refractivity contribution in [1.29, 1.82) is 0 Å². The topological polar surface area (TPSA) is 63.2 Å². The molecular formula is C20H18FN3O2. The molecular weight excluding hydrogens is 333 g/mol. The van der Waals surface area contributed by atoms with Crippen molar-refractivity contribution in [3.05, 3.63) is 84.4 Å². The molecule has 2 amide bonds. The van der Waals surface area contributed by atoms with E-state index in [1.54, 1.807) is 48.8 Å². The number of halogens is 1. The van der Waals surface area contributed by atoms with Gasteiger partial charge < -0.3 is 15.4 Å². The summed E-state index contributed by atoms with van der Waals surface area (Å²) < 4.78 is 19.0. The third-order valence-electron chi connectivity index (χ3n) is 3.71. The Labute approximate surface area is 150 Å². The number of rotatable bonds is 5. The Balaban J connectivity index is 1.69. The maximum atomic E-state index is 13.3. The van der Waals surface area contributed by atoms with Crippen LogP contribution >= 0.6 is 0 Å². The molecule has 0 radical (unpaired) electrons. The van der Waals surface area contributed by atoms with Crippen LogP contribution in [0.4, 0.5) is 14.9 Å². The Morgan fingerprint density at radius 2 is 1.85 bits per heavy atom. The molecule has 26 heavy (non-hydrogen) atoms. The number of pyridine rings is 1. The van der Waals surface area contributed by atoms with Crippen molar-refractivity contribution < 1.29 is 13.9 Å². The van der Waals surface area contributed by atoms with E-state index in [-0.39, 0.29) is 12.1 Å². The lowest BCUT2D eigenvalue weighted by Gasteiger charge is -2.16. The summed E-state index contributed by atoms with van der Waals surface area (Å²) in [7, 11) is 0. The zero-order valence-electron chi connectivity index (χ0n) is 14.1. The van der Waals surface area contributed by atoms with Gasteiger partial charge in [-0.1, -0.05) is 18.2 Å². The van der Waals surface area contributed by atoms with E-state index in [1.165, 1.54) is 12.1 Å². The number of ether oxygens (including phenoxy) is 1. The third-order valence-corrected chi connectivity index (χ3v) is 3.71. The number of anilines is 1. The number of hydrogen-bond acceptors (Lipinski definition) is 3. The molecule has 0 aliphatic rings. The second-order valence-electron chi connectivity index (χ2n) is 5.66. The van der Waals surface area contributed by atoms with Crippen LogP contribution in [0.2, 0.25) is 0 Å². The molecule has 1 aromatic heterocycles. The Bertz CT molecular complexity index is 887. The van der Waals surface area contributed by atoms with Gasteiger partial charge in [-0.05, 0) is 48.9 Å². The zero-order valence-corrected chi connectivity index (χ0v) is 14.1. The van der Waals surface area contributed by atoms with Crippen LogP contribution in [0, 0.1) is 5.82 Å². The first kappa shape index (κ1) is 17.4. The first-order chi connectivity index (χ1) is 12.6. The molecule has 0 saturated carbocycles. The van der Waals surface area contributed by atoms with E-state index in [0.29, 0.717) is 17.2 Å². The Morgan fingerprint density at radius 1 is 1.08 bits per heavy atom. The molecule has 1 atom stereocenters. The van der Waals surface area contributed by atoms with Crippen molar-refractivity contribution in [3.63, 3.8) is 0 Å². The van der Waals surface area contributed by atoms with Crippen LogP contribution in [0.1, 0.15) is 18.5 Å². The van der Waals surface area contributed by atoms with Crippen molar-refractivity contribution >= 4 is 11.7 Å². The zero-order chi connectivity index (χ0) is 18.4. The van der Waals surface area contributed by atoms with Gasteiger partial charge >= 0.3 is 6.03 Å². The average molecular weight is 351 g/mol. The molecule has 3 rings (SSSR count). The number of hydrogen-bond donors (Lipinski definition) is 2. The van der Waals surface area contributed by atoms with Gasteiger partial charge in [0.2, 0.25) is 0 Å². The van der Waals surface area contributed by atoms with E-state index in [1.807, 2.05) is 19.1 Å². The molecule has 1 heterocycles. The Hall–Kier alpha value is -3.41. The molecule has 0 bridgehead atoms. The van der Waals surface area contributed by atoms with Crippen molar-refractivity contribution in [1.82, 2.24) is 10.3 Å². The van der Waals surface area contributed by atoms with E-state index in [9.17, 15) is 9.18 Å². The molecule has 132 valence electrons. The molecule has 0 fully saturated rings. The summed E-state index contributed by atoms with van der Waals surface area (Å²) in [5.41, 5.74) is 1.43. The lowest BCUT2D eigenvalue weighted by atomic mass is 10.1. The lowest BCUT2D eigenvalue weighted by Crippen LogP contribution is -2.31. The minimum Gasteiger partial charge on any atom is -0.455 e. The molecule has 2 N–H and O–H groups in total. The van der Waals surface area contributed by atoms with Gasteiger partial charge in [0, 0.05) is 18.5 Å². The fraction of sp³-hybridized carbons (Fsp3) is 0.100. The van der Waals surface area contributed by atoms with Gasteiger partial charge in [0.1, 0.15) is 11.6 Å². The molecule has 5 nitrogen and oxygen atoms in total. The van der Waals surface area contributed by atoms with E-state index < -0.39 is 5.82 Å². The summed E-state index contributed by atoms with van der Waals surface area (Å²) in [6.45, 7) is 1.88. The number of nitrogens with one attached hydrogen (secondary N) is 2. The SMILES string of the molecule is CC(NC(=O)Nc1ccccc1Oc1cccc(F)c1)c1ccncc1. The van der Waals surface area contributed by atoms with E-state index in [4.69, 9.17) is 4.74 Å². The maximum Gasteiger partial charge on any atom is 0.319 e. The fourth-order valence-electron chi connectivity index (χ4n) is 2.41. The predicted molar refractivity (Wildman–Crippen MR) is 97.7 cm³/mol. The van der Waals surface area contributed by atoms with Crippen LogP contribution < -0.4 is 15.4 Å². The highest BCUT2D eigenvalue weighted by Crippen LogP contribution is 2.29. The van der Waals surface area contributed by atoms with Crippen molar-refractivity contribution in [2.24, 2.45) is 0 Å². The van der Waals surface area contributed by atoms with E-state index >= 15 is 0 Å². The predicted octanol–water partition coefficient (Wildman–Crippen LogP) is 4.90. The molecule has 0 aliphatic heterocycles. The molecule has 1 unspecified atom stereocenters. The van der Waals surface area contributed by atoms with Crippen LogP contribution in [-0.4, -0.2) is 11.0 Å². The van der Waals surface area contributed by atoms with Crippen molar-refractivity contribution in [3.8, 4) is 11.5 Å². The lowest BCUT2D eigenvalue weighted by molar-refractivity contribution is 0.249. The molecule has 0 aliphatic carbocycles. The number of urea groups is 1. The summed E-state index contributed by atoms with van der Waals surface area (Å²) in [5.74, 6) is 0.381. The van der Waals surface area contributed by atoms with Crippen LogP contribution in [0.25, 0.3) is 0 Å². The summed E-state index contributed by atoms with van der Waals surface area (Å²) in [5, 5.41) is 5.61. The third kappa shape index (κ3) is 4.57. The first-order valence-electron chi connectivity index (χ1n) is 8.12. The van der Waals surface area contributed by atoms with Crippen molar-refractivity contribution in [2.75, 3.05) is 5.32 Å². The monoisotopic (exact) mass is 351 g/mol. The van der Waals surface area contributed by atoms with Gasteiger partial charge in [0.15, 0.2) is 5.75 Å². The second-order valence-corrected chi connectivity index (χ2v) is 5.66. The largest absolute Gasteiger partial charge is 0.455 e. The summed E-state index contributed by atoms with van der Waals surface area (Å²) in [4.78, 5) is 16.3. The average Bonchev–Trinajstić information content (AvgIpc) is 2.64. The smallest absolute Gasteiger partial charge is 0.319 e. The van der Waals surface area contributed by atoms with Gasteiger partial charge in [-0.3, -0.25) is 4.98 Å². The van der Waals surface area contributed by atoms with Crippen LogP contribution in [-0.2, 0) is 0 Å². The highest BCUT2D eigenvalue weighted by molar-refractivity contribution is 5.91. The van der Waals surface area contributed by atoms with Crippen LogP contribution in [0.5, 0.6) is 11.5 Å². The number of nitrogens with zero attached hydrogens (tertiary/aromatic N) is 1. The fourth-order valence-corrected chi connectivity index (χ4v) is 2.41. The number of aromatic nitrogens is 1. The summed E-state index contributed by atoms with van der Waals surface area (Å²) >= 11 is 0. The normalized spacial score (nSPS) is 11.5. The quantitative estimate of drug-likeness (QED) is 0.687. The minimum absolute atomic E-state index is 0.186. The minimum atomic E-state index is -0.392. The highest BCUT2D eigenvalue weighted by atomic mass is 19.1. The molecule has 3 aromatic rings. The molecule has 0 saturated heterocycles. The van der Waals surface area contributed by atoms with Crippen LogP contribution in [0.15, 0.2) is 73.1 Å². The van der Waals surface area contributed by atoms with Gasteiger partial charge in [0.25, 0.3) is 0 Å². The number of amides is 2. The molecule has 2 aromatic carbocycles. The maximum absolute atomic E-state index is 13.3. The Morgan fingerprint density at radius 3 is 2.62 bits per heavy atom.